The first-order valence-electron chi connectivity index (χ1n) is 7.63. The topological polar surface area (TPSA) is 26.0 Å². The lowest BCUT2D eigenvalue weighted by Crippen LogP contribution is -2.10. The molecule has 1 saturated carbocycles. The van der Waals surface area contributed by atoms with Gasteiger partial charge in [0.2, 0.25) is 0 Å². The summed E-state index contributed by atoms with van der Waals surface area (Å²) in [5, 5.41) is 0. The van der Waals surface area contributed by atoms with Crippen molar-refractivity contribution in [2.24, 2.45) is 5.92 Å². The molecule has 0 unspecified atom stereocenters. The van der Waals surface area contributed by atoms with E-state index in [0.717, 1.165) is 17.1 Å². The molecule has 0 amide bonds. The number of nitrogens with zero attached hydrogens (tertiary/aromatic N) is 1. The van der Waals surface area contributed by atoms with Gasteiger partial charge < -0.3 is 4.42 Å². The van der Waals surface area contributed by atoms with E-state index in [1.54, 1.807) is 6.20 Å². The summed E-state index contributed by atoms with van der Waals surface area (Å²) >= 11 is 6.15. The first kappa shape index (κ1) is 14.4. The van der Waals surface area contributed by atoms with Crippen molar-refractivity contribution >= 4 is 17.7 Å². The minimum atomic E-state index is 0.591. The van der Waals surface area contributed by atoms with E-state index in [2.05, 4.69) is 11.1 Å². The highest BCUT2D eigenvalue weighted by molar-refractivity contribution is 6.19. The fraction of sp³-hybridized carbons (Fsp3) is 0.389. The van der Waals surface area contributed by atoms with E-state index < -0.39 is 0 Å². The van der Waals surface area contributed by atoms with Crippen LogP contribution in [-0.2, 0) is 0 Å². The van der Waals surface area contributed by atoms with Crippen molar-refractivity contribution in [1.82, 2.24) is 4.98 Å². The molecule has 0 saturated heterocycles. The largest absolute Gasteiger partial charge is 0.457 e. The number of allylic oxidation sites excluding steroid dienone is 1. The third-order valence-electron chi connectivity index (χ3n) is 4.18. The second-order valence-corrected chi connectivity index (χ2v) is 5.90. The molecule has 2 heterocycles. The van der Waals surface area contributed by atoms with Crippen LogP contribution in [-0.4, -0.2) is 10.9 Å². The van der Waals surface area contributed by atoms with Crippen molar-refractivity contribution in [2.45, 2.75) is 32.1 Å². The van der Waals surface area contributed by atoms with Crippen molar-refractivity contribution in [3.8, 4) is 11.3 Å². The predicted molar refractivity (Wildman–Crippen MR) is 87.2 cm³/mol. The van der Waals surface area contributed by atoms with E-state index in [0.29, 0.717) is 11.8 Å². The Labute approximate surface area is 130 Å². The van der Waals surface area contributed by atoms with Gasteiger partial charge in [0.05, 0.1) is 0 Å². The molecule has 3 heteroatoms. The van der Waals surface area contributed by atoms with E-state index >= 15 is 0 Å². The Balaban J connectivity index is 1.80. The van der Waals surface area contributed by atoms with Crippen LogP contribution in [0.25, 0.3) is 17.4 Å². The van der Waals surface area contributed by atoms with Gasteiger partial charge in [-0.15, -0.1) is 11.6 Å². The average molecular weight is 302 g/mol. The van der Waals surface area contributed by atoms with Gasteiger partial charge >= 0.3 is 0 Å². The molecule has 0 atom stereocenters. The molecule has 0 aromatic carbocycles. The van der Waals surface area contributed by atoms with Crippen LogP contribution in [0.5, 0.6) is 0 Å². The quantitative estimate of drug-likeness (QED) is 0.693. The van der Waals surface area contributed by atoms with Crippen LogP contribution in [0.2, 0.25) is 0 Å². The molecule has 2 nitrogen and oxygen atoms in total. The molecule has 0 aliphatic heterocycles. The Morgan fingerprint density at radius 1 is 1.24 bits per heavy atom. The zero-order valence-corrected chi connectivity index (χ0v) is 12.9. The Bertz CT molecular complexity index is 597. The Morgan fingerprint density at radius 2 is 2.10 bits per heavy atom. The normalized spacial score (nSPS) is 17.1. The number of hydrogen-bond donors (Lipinski definition) is 0. The summed E-state index contributed by atoms with van der Waals surface area (Å²) in [4.78, 5) is 4.12. The van der Waals surface area contributed by atoms with Gasteiger partial charge in [-0.3, -0.25) is 4.98 Å². The van der Waals surface area contributed by atoms with Gasteiger partial charge in [-0.25, -0.2) is 0 Å². The number of pyridine rings is 1. The molecule has 1 aliphatic rings. The third kappa shape index (κ3) is 3.56. The van der Waals surface area contributed by atoms with Gasteiger partial charge in [-0.1, -0.05) is 19.3 Å². The summed E-state index contributed by atoms with van der Waals surface area (Å²) in [6.45, 7) is 0. The highest BCUT2D eigenvalue weighted by atomic mass is 35.5. The highest BCUT2D eigenvalue weighted by Gasteiger charge is 2.17. The number of aromatic nitrogens is 1. The zero-order chi connectivity index (χ0) is 14.5. The molecular weight excluding hydrogens is 282 g/mol. The number of alkyl halides is 1. The maximum Gasteiger partial charge on any atom is 0.136 e. The summed E-state index contributed by atoms with van der Waals surface area (Å²) in [6.07, 6.45) is 12.2. The van der Waals surface area contributed by atoms with Crippen molar-refractivity contribution in [2.75, 3.05) is 5.88 Å². The van der Waals surface area contributed by atoms with Crippen molar-refractivity contribution in [3.05, 3.63) is 48.0 Å². The molecule has 3 rings (SSSR count). The maximum atomic E-state index is 6.15. The second-order valence-electron chi connectivity index (χ2n) is 5.63. The molecule has 2 aromatic rings. The Hall–Kier alpha value is -1.54. The van der Waals surface area contributed by atoms with Crippen molar-refractivity contribution < 1.29 is 4.42 Å². The fourth-order valence-electron chi connectivity index (χ4n) is 3.02. The Kier molecular flexibility index (Phi) is 4.76. The van der Waals surface area contributed by atoms with Crippen molar-refractivity contribution in [3.63, 3.8) is 0 Å². The molecule has 0 bridgehead atoms. The molecule has 1 fully saturated rings. The van der Waals surface area contributed by atoms with Crippen LogP contribution < -0.4 is 0 Å². The van der Waals surface area contributed by atoms with Gasteiger partial charge in [0, 0.05) is 23.8 Å². The number of hydrogen-bond acceptors (Lipinski definition) is 2. The van der Waals surface area contributed by atoms with E-state index in [-0.39, 0.29) is 0 Å². The van der Waals surface area contributed by atoms with Crippen LogP contribution in [0, 0.1) is 5.92 Å². The SMILES string of the molecule is ClC/C(=C/c1ccc(-c2cccnc2)o1)C1CCCCC1. The summed E-state index contributed by atoms with van der Waals surface area (Å²) < 4.78 is 5.92. The van der Waals surface area contributed by atoms with Gasteiger partial charge in [0.25, 0.3) is 0 Å². The lowest BCUT2D eigenvalue weighted by Gasteiger charge is -2.23. The third-order valence-corrected chi connectivity index (χ3v) is 4.49. The van der Waals surface area contributed by atoms with Crippen LogP contribution in [0.15, 0.2) is 46.6 Å². The van der Waals surface area contributed by atoms with Gasteiger partial charge in [0.1, 0.15) is 11.5 Å². The summed E-state index contributed by atoms with van der Waals surface area (Å²) in [5.74, 6) is 2.96. The lowest BCUT2D eigenvalue weighted by molar-refractivity contribution is 0.404. The van der Waals surface area contributed by atoms with Crippen LogP contribution >= 0.6 is 11.6 Å². The van der Waals surface area contributed by atoms with Gasteiger partial charge in [0.15, 0.2) is 0 Å². The number of rotatable bonds is 4. The van der Waals surface area contributed by atoms with Gasteiger partial charge in [-0.05, 0) is 54.7 Å². The molecule has 0 N–H and O–H groups in total. The fourth-order valence-corrected chi connectivity index (χ4v) is 3.31. The predicted octanol–water partition coefficient (Wildman–Crippen LogP) is 5.54. The van der Waals surface area contributed by atoms with E-state index in [1.165, 1.54) is 37.7 Å². The lowest BCUT2D eigenvalue weighted by atomic mass is 9.84. The van der Waals surface area contributed by atoms with E-state index in [4.69, 9.17) is 16.0 Å². The summed E-state index contributed by atoms with van der Waals surface area (Å²) in [5.41, 5.74) is 2.31. The second kappa shape index (κ2) is 6.95. The van der Waals surface area contributed by atoms with Crippen LogP contribution in [0.4, 0.5) is 0 Å². The molecule has 0 spiro atoms. The van der Waals surface area contributed by atoms with Crippen LogP contribution in [0.3, 0.4) is 0 Å². The molecule has 21 heavy (non-hydrogen) atoms. The van der Waals surface area contributed by atoms with Crippen LogP contribution in [0.1, 0.15) is 37.9 Å². The maximum absolute atomic E-state index is 6.15. The summed E-state index contributed by atoms with van der Waals surface area (Å²) in [6, 6.07) is 7.93. The number of furan rings is 1. The summed E-state index contributed by atoms with van der Waals surface area (Å²) in [7, 11) is 0. The molecule has 110 valence electrons. The first-order chi connectivity index (χ1) is 10.4. The minimum Gasteiger partial charge on any atom is -0.457 e. The first-order valence-corrected chi connectivity index (χ1v) is 8.17. The molecular formula is C18H20ClNO. The van der Waals surface area contributed by atoms with E-state index in [9.17, 15) is 0 Å². The monoisotopic (exact) mass is 301 g/mol. The minimum absolute atomic E-state index is 0.591. The molecule has 1 aliphatic carbocycles. The Morgan fingerprint density at radius 3 is 2.81 bits per heavy atom. The smallest absolute Gasteiger partial charge is 0.136 e. The zero-order valence-electron chi connectivity index (χ0n) is 12.1. The molecule has 0 radical (unpaired) electrons. The standard InChI is InChI=1S/C18H20ClNO/c19-12-16(14-5-2-1-3-6-14)11-17-8-9-18(21-17)15-7-4-10-20-13-15/h4,7-11,13-14H,1-3,5-6,12H2/b16-11-. The number of halogens is 1. The van der Waals surface area contributed by atoms with Crippen molar-refractivity contribution in [1.29, 1.82) is 0 Å². The highest BCUT2D eigenvalue weighted by Crippen LogP contribution is 2.32. The van der Waals surface area contributed by atoms with Gasteiger partial charge in [-0.2, -0.15) is 0 Å². The average Bonchev–Trinajstić information content (AvgIpc) is 3.03. The molecule has 2 aromatic heterocycles. The van der Waals surface area contributed by atoms with E-state index in [1.807, 2.05) is 30.5 Å².